The highest BCUT2D eigenvalue weighted by Gasteiger charge is 2.25. The minimum Gasteiger partial charge on any atom is -0.367 e. The summed E-state index contributed by atoms with van der Waals surface area (Å²) in [4.78, 5) is 30.3. The van der Waals surface area contributed by atoms with Crippen molar-refractivity contribution in [3.8, 4) is 0 Å². The number of rotatable bonds is 2. The van der Waals surface area contributed by atoms with Gasteiger partial charge in [-0.05, 0) is 19.9 Å². The smallest absolute Gasteiger partial charge is 0.317 e. The topological polar surface area (TPSA) is 68.4 Å². The van der Waals surface area contributed by atoms with Crippen LogP contribution in [0, 0.1) is 0 Å². The Balaban J connectivity index is 1.86. The van der Waals surface area contributed by atoms with Gasteiger partial charge in [0.1, 0.15) is 0 Å². The molecule has 6 nitrogen and oxygen atoms in total. The Kier molecular flexibility index (Phi) is 4.09. The lowest BCUT2D eigenvalue weighted by Crippen LogP contribution is -2.54. The number of urea groups is 1. The fourth-order valence-corrected chi connectivity index (χ4v) is 2.09. The van der Waals surface area contributed by atoms with Gasteiger partial charge in [0, 0.05) is 44.6 Å². The highest BCUT2D eigenvalue weighted by atomic mass is 16.2. The van der Waals surface area contributed by atoms with E-state index in [1.54, 1.807) is 28.3 Å². The Morgan fingerprint density at radius 3 is 2.37 bits per heavy atom. The number of carbonyl (C=O) groups is 2. The zero-order valence-corrected chi connectivity index (χ0v) is 11.3. The molecular weight excluding hydrogens is 244 g/mol. The second kappa shape index (κ2) is 5.77. The third-order valence-electron chi connectivity index (χ3n) is 3.11. The van der Waals surface area contributed by atoms with Gasteiger partial charge >= 0.3 is 6.03 Å². The molecule has 2 N–H and O–H groups in total. The van der Waals surface area contributed by atoms with Crippen molar-refractivity contribution < 1.29 is 9.59 Å². The Hall–Kier alpha value is -1.98. The summed E-state index contributed by atoms with van der Waals surface area (Å²) >= 11 is 0. The lowest BCUT2D eigenvalue weighted by Gasteiger charge is -2.35. The Morgan fingerprint density at radius 1 is 1.21 bits per heavy atom. The first-order valence-corrected chi connectivity index (χ1v) is 6.55. The molecule has 0 bridgehead atoms. The lowest BCUT2D eigenvalue weighted by molar-refractivity contribution is 0.0664. The summed E-state index contributed by atoms with van der Waals surface area (Å²) in [7, 11) is 0. The maximum Gasteiger partial charge on any atom is 0.317 e. The molecule has 0 spiro atoms. The number of nitrogens with zero attached hydrogens (tertiary/aromatic N) is 2. The molecule has 19 heavy (non-hydrogen) atoms. The molecule has 1 aliphatic heterocycles. The van der Waals surface area contributed by atoms with Gasteiger partial charge in [-0.1, -0.05) is 0 Å². The quantitative estimate of drug-likeness (QED) is 0.833. The molecule has 3 amide bonds. The average molecular weight is 264 g/mol. The molecule has 1 fully saturated rings. The summed E-state index contributed by atoms with van der Waals surface area (Å²) in [6, 6.07) is 1.84. The molecule has 0 radical (unpaired) electrons. The van der Waals surface area contributed by atoms with E-state index < -0.39 is 0 Å². The SMILES string of the molecule is CC(C)NC(=O)N1CCN(C(=O)c2cc[nH]c2)CC1. The molecule has 2 heterocycles. The number of piperazine rings is 1. The molecule has 104 valence electrons. The number of aromatic amines is 1. The number of nitrogens with one attached hydrogen (secondary N) is 2. The van der Waals surface area contributed by atoms with Crippen LogP contribution in [0.2, 0.25) is 0 Å². The van der Waals surface area contributed by atoms with Crippen LogP contribution < -0.4 is 5.32 Å². The van der Waals surface area contributed by atoms with E-state index in [2.05, 4.69) is 10.3 Å². The first kappa shape index (κ1) is 13.5. The van der Waals surface area contributed by atoms with Crippen LogP contribution in [0.1, 0.15) is 24.2 Å². The molecule has 1 saturated heterocycles. The van der Waals surface area contributed by atoms with Crippen LogP contribution in [0.3, 0.4) is 0 Å². The van der Waals surface area contributed by atoms with E-state index in [1.807, 2.05) is 13.8 Å². The minimum atomic E-state index is -0.0521. The zero-order valence-electron chi connectivity index (χ0n) is 11.3. The third kappa shape index (κ3) is 3.27. The van der Waals surface area contributed by atoms with Gasteiger partial charge in [0.15, 0.2) is 0 Å². The summed E-state index contributed by atoms with van der Waals surface area (Å²) in [5.41, 5.74) is 0.667. The lowest BCUT2D eigenvalue weighted by atomic mass is 10.2. The van der Waals surface area contributed by atoms with Gasteiger partial charge in [0.25, 0.3) is 5.91 Å². The second-order valence-corrected chi connectivity index (χ2v) is 4.98. The zero-order chi connectivity index (χ0) is 13.8. The summed E-state index contributed by atoms with van der Waals surface area (Å²) in [6.45, 7) is 6.18. The van der Waals surface area contributed by atoms with Gasteiger partial charge in [-0.15, -0.1) is 0 Å². The number of aromatic nitrogens is 1. The van der Waals surface area contributed by atoms with Crippen molar-refractivity contribution in [2.24, 2.45) is 0 Å². The van der Waals surface area contributed by atoms with E-state index in [0.717, 1.165) is 0 Å². The van der Waals surface area contributed by atoms with Gasteiger partial charge in [-0.3, -0.25) is 4.79 Å². The number of hydrogen-bond donors (Lipinski definition) is 2. The Bertz CT molecular complexity index is 434. The minimum absolute atomic E-state index is 0.0187. The van der Waals surface area contributed by atoms with Crippen LogP contribution in [0.25, 0.3) is 0 Å². The standard InChI is InChI=1S/C13H20N4O2/c1-10(2)15-13(19)17-7-5-16(6-8-17)12(18)11-3-4-14-9-11/h3-4,9-10,14H,5-8H2,1-2H3,(H,15,19). The highest BCUT2D eigenvalue weighted by molar-refractivity contribution is 5.94. The van der Waals surface area contributed by atoms with E-state index in [-0.39, 0.29) is 18.0 Å². The molecule has 0 unspecified atom stereocenters. The third-order valence-corrected chi connectivity index (χ3v) is 3.11. The van der Waals surface area contributed by atoms with Gasteiger partial charge in [0.2, 0.25) is 0 Å². The molecule has 2 rings (SSSR count). The molecule has 1 aliphatic rings. The normalized spacial score (nSPS) is 15.7. The van der Waals surface area contributed by atoms with Crippen molar-refractivity contribution >= 4 is 11.9 Å². The van der Waals surface area contributed by atoms with Crippen molar-refractivity contribution in [1.29, 1.82) is 0 Å². The van der Waals surface area contributed by atoms with Crippen LogP contribution in [0.15, 0.2) is 18.5 Å². The van der Waals surface area contributed by atoms with E-state index in [1.165, 1.54) is 0 Å². The van der Waals surface area contributed by atoms with Crippen LogP contribution in [0.4, 0.5) is 4.79 Å². The van der Waals surface area contributed by atoms with E-state index in [9.17, 15) is 9.59 Å². The molecule has 0 aliphatic carbocycles. The van der Waals surface area contributed by atoms with Crippen LogP contribution >= 0.6 is 0 Å². The summed E-state index contributed by atoms with van der Waals surface area (Å²) < 4.78 is 0. The highest BCUT2D eigenvalue weighted by Crippen LogP contribution is 2.08. The molecule has 1 aromatic rings. The van der Waals surface area contributed by atoms with Crippen LogP contribution in [-0.4, -0.2) is 58.9 Å². The second-order valence-electron chi connectivity index (χ2n) is 4.98. The van der Waals surface area contributed by atoms with Crippen molar-refractivity contribution in [1.82, 2.24) is 20.1 Å². The molecule has 0 aromatic carbocycles. The predicted molar refractivity (Wildman–Crippen MR) is 71.9 cm³/mol. The maximum atomic E-state index is 12.1. The van der Waals surface area contributed by atoms with Gasteiger partial charge in [-0.25, -0.2) is 4.79 Å². The van der Waals surface area contributed by atoms with Crippen LogP contribution in [-0.2, 0) is 0 Å². The van der Waals surface area contributed by atoms with Crippen molar-refractivity contribution in [2.75, 3.05) is 26.2 Å². The summed E-state index contributed by atoms with van der Waals surface area (Å²) in [5, 5.41) is 2.86. The molecule has 0 atom stereocenters. The van der Waals surface area contributed by atoms with E-state index in [0.29, 0.717) is 31.7 Å². The molecule has 1 aromatic heterocycles. The van der Waals surface area contributed by atoms with Gasteiger partial charge in [0.05, 0.1) is 5.56 Å². The Labute approximate surface area is 112 Å². The van der Waals surface area contributed by atoms with Gasteiger partial charge in [-0.2, -0.15) is 0 Å². The molecule has 6 heteroatoms. The largest absolute Gasteiger partial charge is 0.367 e. The number of hydrogen-bond acceptors (Lipinski definition) is 2. The number of H-pyrrole nitrogens is 1. The van der Waals surface area contributed by atoms with E-state index >= 15 is 0 Å². The number of carbonyl (C=O) groups excluding carboxylic acids is 2. The summed E-state index contributed by atoms with van der Waals surface area (Å²) in [6.07, 6.45) is 3.43. The van der Waals surface area contributed by atoms with Crippen molar-refractivity contribution in [2.45, 2.75) is 19.9 Å². The first-order chi connectivity index (χ1) is 9.08. The van der Waals surface area contributed by atoms with Gasteiger partial charge < -0.3 is 20.1 Å². The van der Waals surface area contributed by atoms with E-state index in [4.69, 9.17) is 0 Å². The fourth-order valence-electron chi connectivity index (χ4n) is 2.09. The fraction of sp³-hybridized carbons (Fsp3) is 0.538. The average Bonchev–Trinajstić information content (AvgIpc) is 2.91. The molecule has 0 saturated carbocycles. The number of amides is 3. The monoisotopic (exact) mass is 264 g/mol. The van der Waals surface area contributed by atoms with Crippen LogP contribution in [0.5, 0.6) is 0 Å². The predicted octanol–water partition coefficient (Wildman–Crippen LogP) is 0.890. The van der Waals surface area contributed by atoms with Crippen molar-refractivity contribution in [3.05, 3.63) is 24.0 Å². The molecular formula is C13H20N4O2. The summed E-state index contributed by atoms with van der Waals surface area (Å²) in [5.74, 6) is 0.0187. The maximum absolute atomic E-state index is 12.1. The first-order valence-electron chi connectivity index (χ1n) is 6.55. The van der Waals surface area contributed by atoms with Crippen molar-refractivity contribution in [3.63, 3.8) is 0 Å². The Morgan fingerprint density at radius 2 is 1.84 bits per heavy atom.